The standard InChI is InChI=1S/C20H20FN3O/c1-25-17-6-4-5-14(13-17)19-18-7-2-3-12-22-20(18)24(23-19)16-10-8-15(21)9-11-16/h4-6,8-11,13,22H,2-3,7,12H2,1H3. The van der Waals surface area contributed by atoms with Gasteiger partial charge >= 0.3 is 0 Å². The molecule has 0 aliphatic carbocycles. The lowest BCUT2D eigenvalue weighted by Crippen LogP contribution is -2.07. The molecule has 0 saturated carbocycles. The van der Waals surface area contributed by atoms with Crippen molar-refractivity contribution >= 4 is 5.82 Å². The fraction of sp³-hybridized carbons (Fsp3) is 0.250. The number of rotatable bonds is 3. The predicted octanol–water partition coefficient (Wildman–Crippen LogP) is 4.44. The Kier molecular flexibility index (Phi) is 4.14. The maximum atomic E-state index is 13.3. The molecule has 4 nitrogen and oxygen atoms in total. The number of nitrogens with zero attached hydrogens (tertiary/aromatic N) is 2. The zero-order valence-electron chi connectivity index (χ0n) is 14.1. The summed E-state index contributed by atoms with van der Waals surface area (Å²) in [7, 11) is 1.66. The Hall–Kier alpha value is -2.82. The second-order valence-electron chi connectivity index (χ2n) is 6.18. The fourth-order valence-electron chi connectivity index (χ4n) is 3.27. The topological polar surface area (TPSA) is 39.1 Å². The molecule has 0 fully saturated rings. The Labute approximate surface area is 146 Å². The first-order valence-electron chi connectivity index (χ1n) is 8.52. The van der Waals surface area contributed by atoms with Gasteiger partial charge in [-0.1, -0.05) is 12.1 Å². The summed E-state index contributed by atoms with van der Waals surface area (Å²) in [5.74, 6) is 1.56. The highest BCUT2D eigenvalue weighted by molar-refractivity contribution is 5.72. The third kappa shape index (κ3) is 2.97. The number of fused-ring (bicyclic) bond motifs is 1. The molecule has 4 rings (SSSR count). The summed E-state index contributed by atoms with van der Waals surface area (Å²) in [5, 5.41) is 8.36. The molecular weight excluding hydrogens is 317 g/mol. The van der Waals surface area contributed by atoms with E-state index in [1.165, 1.54) is 17.7 Å². The highest BCUT2D eigenvalue weighted by Crippen LogP contribution is 2.35. The van der Waals surface area contributed by atoms with Gasteiger partial charge in [0, 0.05) is 17.7 Å². The van der Waals surface area contributed by atoms with Gasteiger partial charge < -0.3 is 10.1 Å². The highest BCUT2D eigenvalue weighted by atomic mass is 19.1. The summed E-state index contributed by atoms with van der Waals surface area (Å²) in [5.41, 5.74) is 4.03. The fourth-order valence-corrected chi connectivity index (χ4v) is 3.27. The van der Waals surface area contributed by atoms with Gasteiger partial charge in [0.25, 0.3) is 0 Å². The van der Waals surface area contributed by atoms with Gasteiger partial charge in [-0.3, -0.25) is 0 Å². The average molecular weight is 337 g/mol. The van der Waals surface area contributed by atoms with Crippen molar-refractivity contribution in [3.8, 4) is 22.7 Å². The maximum absolute atomic E-state index is 13.3. The number of methoxy groups -OCH3 is 1. The molecule has 0 saturated heterocycles. The highest BCUT2D eigenvalue weighted by Gasteiger charge is 2.21. The van der Waals surface area contributed by atoms with E-state index in [0.29, 0.717) is 0 Å². The predicted molar refractivity (Wildman–Crippen MR) is 96.9 cm³/mol. The molecule has 5 heteroatoms. The molecular formula is C20H20FN3O. The number of nitrogens with one attached hydrogen (secondary N) is 1. The lowest BCUT2D eigenvalue weighted by Gasteiger charge is -2.09. The van der Waals surface area contributed by atoms with Crippen LogP contribution in [-0.2, 0) is 6.42 Å². The number of hydrogen-bond acceptors (Lipinski definition) is 3. The number of benzene rings is 2. The molecule has 128 valence electrons. The first-order chi connectivity index (χ1) is 12.3. The molecule has 1 aliphatic heterocycles. The van der Waals surface area contributed by atoms with Crippen molar-refractivity contribution in [1.82, 2.24) is 9.78 Å². The van der Waals surface area contributed by atoms with Gasteiger partial charge in [-0.2, -0.15) is 5.10 Å². The summed E-state index contributed by atoms with van der Waals surface area (Å²) in [6.07, 6.45) is 3.21. The van der Waals surface area contributed by atoms with E-state index in [1.807, 2.05) is 28.9 Å². The van der Waals surface area contributed by atoms with E-state index in [2.05, 4.69) is 5.32 Å². The van der Waals surface area contributed by atoms with Crippen molar-refractivity contribution in [1.29, 1.82) is 0 Å². The van der Waals surface area contributed by atoms with Gasteiger partial charge in [0.15, 0.2) is 0 Å². The van der Waals surface area contributed by atoms with Crippen LogP contribution in [0.25, 0.3) is 16.9 Å². The molecule has 1 N–H and O–H groups in total. The van der Waals surface area contributed by atoms with Crippen LogP contribution in [0, 0.1) is 5.82 Å². The maximum Gasteiger partial charge on any atom is 0.133 e. The van der Waals surface area contributed by atoms with Gasteiger partial charge in [0.2, 0.25) is 0 Å². The zero-order valence-corrected chi connectivity index (χ0v) is 14.1. The third-order valence-electron chi connectivity index (χ3n) is 4.54. The molecule has 0 atom stereocenters. The van der Waals surface area contributed by atoms with Gasteiger partial charge in [-0.05, 0) is 55.7 Å². The van der Waals surface area contributed by atoms with Crippen LogP contribution in [0.4, 0.5) is 10.2 Å². The Balaban J connectivity index is 1.88. The SMILES string of the molecule is COc1cccc(-c2nn(-c3ccc(F)cc3)c3c2CCCCN3)c1. The van der Waals surface area contributed by atoms with Crippen molar-refractivity contribution < 1.29 is 9.13 Å². The minimum Gasteiger partial charge on any atom is -0.497 e. The zero-order chi connectivity index (χ0) is 17.2. The number of ether oxygens (including phenoxy) is 1. The molecule has 0 spiro atoms. The van der Waals surface area contributed by atoms with Crippen LogP contribution >= 0.6 is 0 Å². The molecule has 0 unspecified atom stereocenters. The Morgan fingerprint density at radius 3 is 2.76 bits per heavy atom. The summed E-state index contributed by atoms with van der Waals surface area (Å²) in [6, 6.07) is 14.4. The van der Waals surface area contributed by atoms with Crippen LogP contribution in [0.1, 0.15) is 18.4 Å². The Morgan fingerprint density at radius 1 is 1.12 bits per heavy atom. The van der Waals surface area contributed by atoms with Crippen molar-refractivity contribution in [2.45, 2.75) is 19.3 Å². The number of halogens is 1. The minimum absolute atomic E-state index is 0.247. The van der Waals surface area contributed by atoms with Crippen LogP contribution in [0.5, 0.6) is 5.75 Å². The second kappa shape index (κ2) is 6.59. The lowest BCUT2D eigenvalue weighted by atomic mass is 10.0. The van der Waals surface area contributed by atoms with Gasteiger partial charge in [0.05, 0.1) is 18.5 Å². The molecule has 25 heavy (non-hydrogen) atoms. The van der Waals surface area contributed by atoms with E-state index in [0.717, 1.165) is 54.3 Å². The van der Waals surface area contributed by atoms with Crippen molar-refractivity contribution in [3.63, 3.8) is 0 Å². The molecule has 3 aromatic rings. The van der Waals surface area contributed by atoms with Crippen LogP contribution in [-0.4, -0.2) is 23.4 Å². The third-order valence-corrected chi connectivity index (χ3v) is 4.54. The normalized spacial score (nSPS) is 13.7. The Morgan fingerprint density at radius 2 is 1.96 bits per heavy atom. The van der Waals surface area contributed by atoms with Crippen molar-refractivity contribution in [2.24, 2.45) is 0 Å². The van der Waals surface area contributed by atoms with Gasteiger partial charge in [-0.25, -0.2) is 9.07 Å². The van der Waals surface area contributed by atoms with E-state index in [1.54, 1.807) is 19.2 Å². The molecule has 0 amide bonds. The van der Waals surface area contributed by atoms with Crippen LogP contribution in [0.15, 0.2) is 48.5 Å². The van der Waals surface area contributed by atoms with Crippen LogP contribution in [0.2, 0.25) is 0 Å². The van der Waals surface area contributed by atoms with E-state index < -0.39 is 0 Å². The molecule has 2 heterocycles. The monoisotopic (exact) mass is 337 g/mol. The molecule has 0 bridgehead atoms. The molecule has 1 aliphatic rings. The van der Waals surface area contributed by atoms with Crippen LogP contribution < -0.4 is 10.1 Å². The number of aromatic nitrogens is 2. The lowest BCUT2D eigenvalue weighted by molar-refractivity contribution is 0.415. The largest absolute Gasteiger partial charge is 0.497 e. The van der Waals surface area contributed by atoms with Gasteiger partial charge in [0.1, 0.15) is 17.4 Å². The number of anilines is 1. The Bertz CT molecular complexity index is 886. The average Bonchev–Trinajstić information content (AvgIpc) is 2.84. The van der Waals surface area contributed by atoms with Crippen LogP contribution in [0.3, 0.4) is 0 Å². The van der Waals surface area contributed by atoms with E-state index >= 15 is 0 Å². The minimum atomic E-state index is -0.247. The molecule has 2 aromatic carbocycles. The quantitative estimate of drug-likeness (QED) is 0.768. The summed E-state index contributed by atoms with van der Waals surface area (Å²) >= 11 is 0. The smallest absolute Gasteiger partial charge is 0.133 e. The summed E-state index contributed by atoms with van der Waals surface area (Å²) < 4.78 is 20.5. The molecule has 0 radical (unpaired) electrons. The summed E-state index contributed by atoms with van der Waals surface area (Å²) in [4.78, 5) is 0. The number of hydrogen-bond donors (Lipinski definition) is 1. The van der Waals surface area contributed by atoms with E-state index in [-0.39, 0.29) is 5.82 Å². The molecule has 1 aromatic heterocycles. The van der Waals surface area contributed by atoms with Crippen molar-refractivity contribution in [3.05, 3.63) is 59.9 Å². The first kappa shape index (κ1) is 15.7. The van der Waals surface area contributed by atoms with E-state index in [4.69, 9.17) is 9.84 Å². The summed E-state index contributed by atoms with van der Waals surface area (Å²) in [6.45, 7) is 0.914. The van der Waals surface area contributed by atoms with Crippen molar-refractivity contribution in [2.75, 3.05) is 19.0 Å². The van der Waals surface area contributed by atoms with Gasteiger partial charge in [-0.15, -0.1) is 0 Å². The first-order valence-corrected chi connectivity index (χ1v) is 8.52. The second-order valence-corrected chi connectivity index (χ2v) is 6.18. The van der Waals surface area contributed by atoms with E-state index in [9.17, 15) is 4.39 Å².